The van der Waals surface area contributed by atoms with Gasteiger partial charge in [-0.1, -0.05) is 25.1 Å². The largest absolute Gasteiger partial charge is 0.308 e. The molecule has 0 aromatic heterocycles. The maximum atomic E-state index is 11.8. The van der Waals surface area contributed by atoms with Gasteiger partial charge in [0.05, 0.1) is 0 Å². The Morgan fingerprint density at radius 1 is 1.20 bits per heavy atom. The lowest BCUT2D eigenvalue weighted by Gasteiger charge is -2.24. The molecular weight excluding hydrogens is 252 g/mol. The SMILES string of the molecule is CCCN(CCN(C)C)Cc1ccccc1C(=O)NN. The van der Waals surface area contributed by atoms with Crippen molar-refractivity contribution in [3.8, 4) is 0 Å². The zero-order chi connectivity index (χ0) is 15.0. The minimum absolute atomic E-state index is 0.232. The summed E-state index contributed by atoms with van der Waals surface area (Å²) in [4.78, 5) is 16.3. The third-order valence-electron chi connectivity index (χ3n) is 3.19. The van der Waals surface area contributed by atoms with Crippen LogP contribution in [-0.4, -0.2) is 49.4 Å². The van der Waals surface area contributed by atoms with Gasteiger partial charge in [-0.05, 0) is 38.7 Å². The van der Waals surface area contributed by atoms with Crippen molar-refractivity contribution in [1.29, 1.82) is 0 Å². The molecule has 0 unspecified atom stereocenters. The van der Waals surface area contributed by atoms with Crippen molar-refractivity contribution < 1.29 is 4.79 Å². The van der Waals surface area contributed by atoms with Crippen LogP contribution in [0.25, 0.3) is 0 Å². The van der Waals surface area contributed by atoms with Gasteiger partial charge in [0, 0.05) is 25.2 Å². The van der Waals surface area contributed by atoms with Gasteiger partial charge in [0.15, 0.2) is 0 Å². The van der Waals surface area contributed by atoms with Crippen molar-refractivity contribution in [1.82, 2.24) is 15.2 Å². The number of amides is 1. The summed E-state index contributed by atoms with van der Waals surface area (Å²) in [6.45, 7) is 5.95. The van der Waals surface area contributed by atoms with Crippen LogP contribution in [0.3, 0.4) is 0 Å². The topological polar surface area (TPSA) is 61.6 Å². The van der Waals surface area contributed by atoms with Crippen LogP contribution in [0.15, 0.2) is 24.3 Å². The van der Waals surface area contributed by atoms with Crippen LogP contribution >= 0.6 is 0 Å². The van der Waals surface area contributed by atoms with E-state index in [2.05, 4.69) is 36.2 Å². The van der Waals surface area contributed by atoms with E-state index < -0.39 is 0 Å². The molecule has 5 heteroatoms. The Balaban J connectivity index is 2.79. The third-order valence-corrected chi connectivity index (χ3v) is 3.19. The number of carbonyl (C=O) groups is 1. The minimum Gasteiger partial charge on any atom is -0.308 e. The molecule has 0 radical (unpaired) electrons. The molecule has 1 amide bonds. The Hall–Kier alpha value is -1.43. The van der Waals surface area contributed by atoms with Gasteiger partial charge < -0.3 is 4.90 Å². The molecule has 0 aliphatic rings. The quantitative estimate of drug-likeness (QED) is 0.424. The lowest BCUT2D eigenvalue weighted by molar-refractivity contribution is 0.0951. The lowest BCUT2D eigenvalue weighted by Crippen LogP contribution is -2.34. The molecule has 20 heavy (non-hydrogen) atoms. The first kappa shape index (κ1) is 16.6. The summed E-state index contributed by atoms with van der Waals surface area (Å²) < 4.78 is 0. The Morgan fingerprint density at radius 2 is 1.90 bits per heavy atom. The number of nitrogens with one attached hydrogen (secondary N) is 1. The van der Waals surface area contributed by atoms with Crippen LogP contribution in [0.5, 0.6) is 0 Å². The number of nitrogens with two attached hydrogens (primary N) is 1. The van der Waals surface area contributed by atoms with Crippen molar-refractivity contribution in [2.24, 2.45) is 5.84 Å². The van der Waals surface area contributed by atoms with Gasteiger partial charge >= 0.3 is 0 Å². The van der Waals surface area contributed by atoms with Crippen LogP contribution in [-0.2, 0) is 6.54 Å². The van der Waals surface area contributed by atoms with Crippen molar-refractivity contribution in [2.45, 2.75) is 19.9 Å². The molecule has 1 aromatic rings. The predicted molar refractivity (Wildman–Crippen MR) is 82.2 cm³/mol. The number of nitrogens with zero attached hydrogens (tertiary/aromatic N) is 2. The molecule has 0 heterocycles. The van der Waals surface area contributed by atoms with E-state index in [9.17, 15) is 4.79 Å². The highest BCUT2D eigenvalue weighted by Gasteiger charge is 2.12. The fraction of sp³-hybridized carbons (Fsp3) is 0.533. The first-order valence-corrected chi connectivity index (χ1v) is 7.04. The standard InChI is InChI=1S/C15H26N4O/c1-4-9-19(11-10-18(2)3)12-13-7-5-6-8-14(13)15(20)17-16/h5-8H,4,9-12,16H2,1-3H3,(H,17,20). The average Bonchev–Trinajstić information content (AvgIpc) is 2.44. The molecule has 0 fully saturated rings. The molecule has 0 aliphatic carbocycles. The first-order chi connectivity index (χ1) is 9.58. The first-order valence-electron chi connectivity index (χ1n) is 7.04. The van der Waals surface area contributed by atoms with Gasteiger partial charge in [0.1, 0.15) is 0 Å². The number of nitrogen functional groups attached to an aromatic ring is 1. The third kappa shape index (κ3) is 5.28. The number of benzene rings is 1. The maximum absolute atomic E-state index is 11.8. The normalized spacial score (nSPS) is 11.1. The summed E-state index contributed by atoms with van der Waals surface area (Å²) in [5.74, 6) is 5.01. The summed E-state index contributed by atoms with van der Waals surface area (Å²) in [6.07, 6.45) is 1.10. The van der Waals surface area contributed by atoms with Gasteiger partial charge in [0.25, 0.3) is 5.91 Å². The summed E-state index contributed by atoms with van der Waals surface area (Å²) in [5.41, 5.74) is 3.88. The number of hydrazine groups is 1. The molecule has 1 aromatic carbocycles. The van der Waals surface area contributed by atoms with Crippen LogP contribution in [0.2, 0.25) is 0 Å². The van der Waals surface area contributed by atoms with Crippen molar-refractivity contribution in [3.05, 3.63) is 35.4 Å². The van der Waals surface area contributed by atoms with E-state index in [4.69, 9.17) is 5.84 Å². The highest BCUT2D eigenvalue weighted by molar-refractivity contribution is 5.95. The number of carbonyl (C=O) groups excluding carboxylic acids is 1. The van der Waals surface area contributed by atoms with Gasteiger partial charge in [0.2, 0.25) is 0 Å². The molecule has 3 N–H and O–H groups in total. The fourth-order valence-electron chi connectivity index (χ4n) is 2.13. The smallest absolute Gasteiger partial charge is 0.265 e. The Labute approximate surface area is 121 Å². The van der Waals surface area contributed by atoms with Gasteiger partial charge in [-0.25, -0.2) is 5.84 Å². The highest BCUT2D eigenvalue weighted by atomic mass is 16.2. The monoisotopic (exact) mass is 278 g/mol. The van der Waals surface area contributed by atoms with Crippen molar-refractivity contribution in [3.63, 3.8) is 0 Å². The highest BCUT2D eigenvalue weighted by Crippen LogP contribution is 2.12. The van der Waals surface area contributed by atoms with E-state index in [0.29, 0.717) is 5.56 Å². The van der Waals surface area contributed by atoms with E-state index in [0.717, 1.165) is 38.2 Å². The maximum Gasteiger partial charge on any atom is 0.265 e. The fourth-order valence-corrected chi connectivity index (χ4v) is 2.13. The zero-order valence-corrected chi connectivity index (χ0v) is 12.7. The van der Waals surface area contributed by atoms with Crippen molar-refractivity contribution >= 4 is 5.91 Å². The zero-order valence-electron chi connectivity index (χ0n) is 12.7. The van der Waals surface area contributed by atoms with Crippen LogP contribution in [0.1, 0.15) is 29.3 Å². The lowest BCUT2D eigenvalue weighted by atomic mass is 10.1. The van der Waals surface area contributed by atoms with Crippen LogP contribution < -0.4 is 11.3 Å². The molecule has 0 bridgehead atoms. The second-order valence-corrected chi connectivity index (χ2v) is 5.21. The Bertz CT molecular complexity index is 420. The van der Waals surface area contributed by atoms with Gasteiger partial charge in [-0.15, -0.1) is 0 Å². The van der Waals surface area contributed by atoms with Gasteiger partial charge in [-0.3, -0.25) is 15.1 Å². The molecule has 5 nitrogen and oxygen atoms in total. The van der Waals surface area contributed by atoms with E-state index in [-0.39, 0.29) is 5.91 Å². The van der Waals surface area contributed by atoms with E-state index in [1.807, 2.05) is 24.3 Å². The number of likely N-dealkylation sites (N-methyl/N-ethyl adjacent to an activating group) is 1. The van der Waals surface area contributed by atoms with E-state index >= 15 is 0 Å². The van der Waals surface area contributed by atoms with Gasteiger partial charge in [-0.2, -0.15) is 0 Å². The van der Waals surface area contributed by atoms with Crippen LogP contribution in [0, 0.1) is 0 Å². The summed E-state index contributed by atoms with van der Waals surface area (Å²) >= 11 is 0. The van der Waals surface area contributed by atoms with Crippen molar-refractivity contribution in [2.75, 3.05) is 33.7 Å². The predicted octanol–water partition coefficient (Wildman–Crippen LogP) is 1.06. The molecule has 0 aliphatic heterocycles. The van der Waals surface area contributed by atoms with E-state index in [1.165, 1.54) is 0 Å². The average molecular weight is 278 g/mol. The Morgan fingerprint density at radius 3 is 2.50 bits per heavy atom. The molecule has 0 atom stereocenters. The Kier molecular flexibility index (Phi) is 7.22. The molecular formula is C15H26N4O. The molecule has 112 valence electrons. The summed E-state index contributed by atoms with van der Waals surface area (Å²) in [6, 6.07) is 7.62. The summed E-state index contributed by atoms with van der Waals surface area (Å²) in [7, 11) is 4.14. The molecule has 0 spiro atoms. The van der Waals surface area contributed by atoms with E-state index in [1.54, 1.807) is 0 Å². The molecule has 0 saturated carbocycles. The molecule has 0 saturated heterocycles. The minimum atomic E-state index is -0.232. The second-order valence-electron chi connectivity index (χ2n) is 5.21. The summed E-state index contributed by atoms with van der Waals surface area (Å²) in [5, 5.41) is 0. The second kappa shape index (κ2) is 8.68. The van der Waals surface area contributed by atoms with Crippen LogP contribution in [0.4, 0.5) is 0 Å². The number of hydrogen-bond acceptors (Lipinski definition) is 4. The number of hydrogen-bond donors (Lipinski definition) is 2. The molecule has 1 rings (SSSR count). The number of rotatable bonds is 8.